The summed E-state index contributed by atoms with van der Waals surface area (Å²) >= 11 is 0. The lowest BCUT2D eigenvalue weighted by Gasteiger charge is -2.13. The third kappa shape index (κ3) is 3.62. The molecule has 0 saturated heterocycles. The van der Waals surface area contributed by atoms with Gasteiger partial charge in [0.2, 0.25) is 5.91 Å². The summed E-state index contributed by atoms with van der Waals surface area (Å²) in [6.45, 7) is 0. The molecular formula is C22H22N4O. The van der Waals surface area contributed by atoms with Crippen molar-refractivity contribution in [3.63, 3.8) is 0 Å². The molecule has 27 heavy (non-hydrogen) atoms. The Morgan fingerprint density at radius 3 is 2.59 bits per heavy atom. The maximum absolute atomic E-state index is 12.3. The number of hydrogen-bond acceptors (Lipinski definition) is 3. The van der Waals surface area contributed by atoms with Gasteiger partial charge in [0.05, 0.1) is 11.7 Å². The molecule has 0 atom stereocenters. The molecular weight excluding hydrogens is 336 g/mol. The number of para-hydroxylation sites is 1. The van der Waals surface area contributed by atoms with Crippen molar-refractivity contribution in [2.75, 3.05) is 24.3 Å². The number of nitrogens with zero attached hydrogens (tertiary/aromatic N) is 2. The Hall–Kier alpha value is -3.34. The minimum absolute atomic E-state index is 0.00609. The highest BCUT2D eigenvalue weighted by atomic mass is 16.1. The van der Waals surface area contributed by atoms with E-state index in [2.05, 4.69) is 33.5 Å². The topological polar surface area (TPSA) is 61.0 Å². The molecule has 2 aromatic heterocycles. The number of H-pyrrole nitrogens is 1. The molecule has 1 amide bonds. The van der Waals surface area contributed by atoms with E-state index in [1.165, 1.54) is 5.39 Å². The lowest BCUT2D eigenvalue weighted by atomic mass is 10.1. The normalized spacial score (nSPS) is 11.0. The summed E-state index contributed by atoms with van der Waals surface area (Å²) in [5.74, 6) is -0.00609. The standard InChI is InChI=1S/C22H22N4O/c1-26(2)17-10-7-15(8-11-17)24-22(27)12-9-16-13-19-18-5-3-4-6-20(18)25-21(19)14-23-16/h3-8,10-11,13-14,25H,9,12H2,1-2H3,(H,24,27). The Morgan fingerprint density at radius 1 is 1.04 bits per heavy atom. The van der Waals surface area contributed by atoms with E-state index in [1.54, 1.807) is 0 Å². The van der Waals surface area contributed by atoms with E-state index in [0.29, 0.717) is 12.8 Å². The predicted molar refractivity (Wildman–Crippen MR) is 111 cm³/mol. The summed E-state index contributed by atoms with van der Waals surface area (Å²) in [7, 11) is 3.98. The first-order chi connectivity index (χ1) is 13.1. The minimum Gasteiger partial charge on any atom is -0.378 e. The number of fused-ring (bicyclic) bond motifs is 3. The molecule has 0 aliphatic heterocycles. The highest BCUT2D eigenvalue weighted by molar-refractivity contribution is 6.07. The van der Waals surface area contributed by atoms with E-state index in [0.717, 1.165) is 33.5 Å². The summed E-state index contributed by atoms with van der Waals surface area (Å²) in [5.41, 5.74) is 4.95. The zero-order chi connectivity index (χ0) is 18.8. The van der Waals surface area contributed by atoms with Gasteiger partial charge in [0, 0.05) is 53.9 Å². The van der Waals surface area contributed by atoms with Crippen LogP contribution in [0.3, 0.4) is 0 Å². The number of amides is 1. The van der Waals surface area contributed by atoms with Crippen LogP contribution in [0.5, 0.6) is 0 Å². The Labute approximate surface area is 158 Å². The molecule has 4 aromatic rings. The van der Waals surface area contributed by atoms with Crippen molar-refractivity contribution in [2.24, 2.45) is 0 Å². The van der Waals surface area contributed by atoms with E-state index in [1.807, 2.05) is 61.6 Å². The summed E-state index contributed by atoms with van der Waals surface area (Å²) in [6, 6.07) is 18.1. The molecule has 5 nitrogen and oxygen atoms in total. The molecule has 2 heterocycles. The van der Waals surface area contributed by atoms with Crippen LogP contribution < -0.4 is 10.2 Å². The van der Waals surface area contributed by atoms with Crippen molar-refractivity contribution in [1.29, 1.82) is 0 Å². The van der Waals surface area contributed by atoms with Crippen LogP contribution in [-0.2, 0) is 11.2 Å². The van der Waals surface area contributed by atoms with Crippen LogP contribution >= 0.6 is 0 Å². The average molecular weight is 358 g/mol. The van der Waals surface area contributed by atoms with Gasteiger partial charge >= 0.3 is 0 Å². The van der Waals surface area contributed by atoms with E-state index in [-0.39, 0.29) is 5.91 Å². The van der Waals surface area contributed by atoms with Crippen LogP contribution in [0.1, 0.15) is 12.1 Å². The third-order valence-electron chi connectivity index (χ3n) is 4.72. The largest absolute Gasteiger partial charge is 0.378 e. The van der Waals surface area contributed by atoms with Crippen LogP contribution in [0.4, 0.5) is 11.4 Å². The smallest absolute Gasteiger partial charge is 0.224 e. The number of carbonyl (C=O) groups excluding carboxylic acids is 1. The Morgan fingerprint density at radius 2 is 1.81 bits per heavy atom. The van der Waals surface area contributed by atoms with Crippen molar-refractivity contribution < 1.29 is 4.79 Å². The molecule has 0 fully saturated rings. The first-order valence-electron chi connectivity index (χ1n) is 9.03. The van der Waals surface area contributed by atoms with Gasteiger partial charge in [-0.25, -0.2) is 0 Å². The van der Waals surface area contributed by atoms with E-state index >= 15 is 0 Å². The maximum atomic E-state index is 12.3. The fourth-order valence-corrected chi connectivity index (χ4v) is 3.24. The first kappa shape index (κ1) is 17.1. The van der Waals surface area contributed by atoms with Gasteiger partial charge < -0.3 is 15.2 Å². The average Bonchev–Trinajstić information content (AvgIpc) is 3.05. The summed E-state index contributed by atoms with van der Waals surface area (Å²) in [5, 5.41) is 5.28. The van der Waals surface area contributed by atoms with Crippen molar-refractivity contribution in [2.45, 2.75) is 12.8 Å². The van der Waals surface area contributed by atoms with Crippen LogP contribution in [-0.4, -0.2) is 30.0 Å². The van der Waals surface area contributed by atoms with Crippen LogP contribution in [0.25, 0.3) is 21.8 Å². The van der Waals surface area contributed by atoms with Gasteiger partial charge in [-0.1, -0.05) is 18.2 Å². The van der Waals surface area contributed by atoms with E-state index < -0.39 is 0 Å². The zero-order valence-electron chi connectivity index (χ0n) is 15.5. The summed E-state index contributed by atoms with van der Waals surface area (Å²) in [4.78, 5) is 22.2. The number of anilines is 2. The highest BCUT2D eigenvalue weighted by Crippen LogP contribution is 2.25. The predicted octanol–water partition coefficient (Wildman–Crippen LogP) is 4.35. The van der Waals surface area contributed by atoms with Gasteiger partial charge in [0.25, 0.3) is 0 Å². The van der Waals surface area contributed by atoms with E-state index in [9.17, 15) is 4.79 Å². The number of pyridine rings is 1. The second kappa shape index (κ2) is 7.11. The first-order valence-corrected chi connectivity index (χ1v) is 9.03. The molecule has 0 unspecified atom stereocenters. The fourth-order valence-electron chi connectivity index (χ4n) is 3.24. The van der Waals surface area contributed by atoms with Crippen molar-refractivity contribution >= 4 is 39.1 Å². The van der Waals surface area contributed by atoms with Gasteiger partial charge in [-0.05, 0) is 42.8 Å². The van der Waals surface area contributed by atoms with Gasteiger partial charge in [-0.2, -0.15) is 0 Å². The Kier molecular flexibility index (Phi) is 4.50. The van der Waals surface area contributed by atoms with Crippen molar-refractivity contribution in [3.05, 3.63) is 66.5 Å². The number of aromatic nitrogens is 2. The molecule has 0 aliphatic carbocycles. The number of aromatic amines is 1. The SMILES string of the molecule is CN(C)c1ccc(NC(=O)CCc2cc3c(cn2)[nH]c2ccccc23)cc1. The molecule has 2 aromatic carbocycles. The molecule has 0 bridgehead atoms. The quantitative estimate of drug-likeness (QED) is 0.557. The summed E-state index contributed by atoms with van der Waals surface area (Å²) in [6.07, 6.45) is 2.86. The number of nitrogens with one attached hydrogen (secondary N) is 2. The van der Waals surface area contributed by atoms with Crippen molar-refractivity contribution in [3.8, 4) is 0 Å². The van der Waals surface area contributed by atoms with Gasteiger partial charge in [0.1, 0.15) is 0 Å². The van der Waals surface area contributed by atoms with Crippen LogP contribution in [0, 0.1) is 0 Å². The number of carbonyl (C=O) groups is 1. The molecule has 4 rings (SSSR count). The molecule has 5 heteroatoms. The van der Waals surface area contributed by atoms with Crippen molar-refractivity contribution in [1.82, 2.24) is 9.97 Å². The number of hydrogen-bond donors (Lipinski definition) is 2. The van der Waals surface area contributed by atoms with E-state index in [4.69, 9.17) is 0 Å². The molecule has 0 saturated carbocycles. The monoisotopic (exact) mass is 358 g/mol. The molecule has 0 aliphatic rings. The second-order valence-electron chi connectivity index (χ2n) is 6.88. The number of rotatable bonds is 5. The second-order valence-corrected chi connectivity index (χ2v) is 6.88. The van der Waals surface area contributed by atoms with Crippen LogP contribution in [0.15, 0.2) is 60.8 Å². The molecule has 0 spiro atoms. The molecule has 0 radical (unpaired) electrons. The molecule has 2 N–H and O–H groups in total. The Bertz CT molecular complexity index is 1100. The van der Waals surface area contributed by atoms with Crippen LogP contribution in [0.2, 0.25) is 0 Å². The van der Waals surface area contributed by atoms with Gasteiger partial charge in [-0.15, -0.1) is 0 Å². The molecule has 136 valence electrons. The minimum atomic E-state index is -0.00609. The fraction of sp³-hybridized carbons (Fsp3) is 0.182. The highest BCUT2D eigenvalue weighted by Gasteiger charge is 2.08. The summed E-state index contributed by atoms with van der Waals surface area (Å²) < 4.78 is 0. The number of benzene rings is 2. The lowest BCUT2D eigenvalue weighted by Crippen LogP contribution is -2.13. The zero-order valence-corrected chi connectivity index (χ0v) is 15.5. The Balaban J connectivity index is 1.43. The van der Waals surface area contributed by atoms with Gasteiger partial charge in [0.15, 0.2) is 0 Å². The lowest BCUT2D eigenvalue weighted by molar-refractivity contribution is -0.116. The third-order valence-corrected chi connectivity index (χ3v) is 4.72. The van der Waals surface area contributed by atoms with Gasteiger partial charge in [-0.3, -0.25) is 9.78 Å². The maximum Gasteiger partial charge on any atom is 0.224 e. The number of aryl methyl sites for hydroxylation is 1.